The van der Waals surface area contributed by atoms with Crippen LogP contribution in [-0.4, -0.2) is 27.4 Å². The standard InChI is InChI=1S/C10H14BrN3O3S/c1-6(10(15)13-2)14-18(16,17)9-5-7(12)3-4-8(9)11/h3-6,14H,12H2,1-2H3,(H,13,15). The summed E-state index contributed by atoms with van der Waals surface area (Å²) >= 11 is 3.14. The number of anilines is 1. The van der Waals surface area contributed by atoms with Crippen molar-refractivity contribution in [2.24, 2.45) is 0 Å². The highest BCUT2D eigenvalue weighted by Gasteiger charge is 2.23. The lowest BCUT2D eigenvalue weighted by Gasteiger charge is -2.14. The minimum Gasteiger partial charge on any atom is -0.399 e. The van der Waals surface area contributed by atoms with E-state index in [1.54, 1.807) is 6.07 Å². The maximum absolute atomic E-state index is 12.1. The molecular weight excluding hydrogens is 322 g/mol. The molecule has 1 unspecified atom stereocenters. The van der Waals surface area contributed by atoms with Crippen LogP contribution >= 0.6 is 15.9 Å². The number of halogens is 1. The third-order valence-corrected chi connectivity index (χ3v) is 4.75. The number of carbonyl (C=O) groups excluding carboxylic acids is 1. The van der Waals surface area contributed by atoms with Crippen LogP contribution < -0.4 is 15.8 Å². The van der Waals surface area contributed by atoms with Crippen LogP contribution in [0.25, 0.3) is 0 Å². The highest BCUT2D eigenvalue weighted by Crippen LogP contribution is 2.24. The number of benzene rings is 1. The lowest BCUT2D eigenvalue weighted by molar-refractivity contribution is -0.121. The van der Waals surface area contributed by atoms with Crippen molar-refractivity contribution in [1.82, 2.24) is 10.0 Å². The van der Waals surface area contributed by atoms with Gasteiger partial charge in [0.1, 0.15) is 0 Å². The number of likely N-dealkylation sites (N-methyl/N-ethyl adjacent to an activating group) is 1. The first kappa shape index (κ1) is 14.9. The van der Waals surface area contributed by atoms with Crippen molar-refractivity contribution >= 4 is 37.5 Å². The van der Waals surface area contributed by atoms with Gasteiger partial charge < -0.3 is 11.1 Å². The second-order valence-corrected chi connectivity index (χ2v) is 6.18. The Labute approximate surface area is 114 Å². The molecule has 0 saturated carbocycles. The topological polar surface area (TPSA) is 101 Å². The molecule has 0 fully saturated rings. The van der Waals surface area contributed by atoms with Gasteiger partial charge in [0.2, 0.25) is 15.9 Å². The molecule has 1 atom stereocenters. The largest absolute Gasteiger partial charge is 0.399 e. The molecule has 1 amide bonds. The molecule has 0 aliphatic carbocycles. The van der Waals surface area contributed by atoms with Crippen molar-refractivity contribution in [1.29, 1.82) is 0 Å². The minimum atomic E-state index is -3.81. The van der Waals surface area contributed by atoms with Gasteiger partial charge in [0, 0.05) is 17.2 Å². The predicted molar refractivity (Wildman–Crippen MR) is 72.4 cm³/mol. The van der Waals surface area contributed by atoms with Crippen molar-refractivity contribution in [3.05, 3.63) is 22.7 Å². The van der Waals surface area contributed by atoms with Gasteiger partial charge in [0.15, 0.2) is 0 Å². The van der Waals surface area contributed by atoms with Crippen molar-refractivity contribution in [2.45, 2.75) is 17.9 Å². The fourth-order valence-electron chi connectivity index (χ4n) is 1.29. The Morgan fingerprint density at radius 3 is 2.61 bits per heavy atom. The quantitative estimate of drug-likeness (QED) is 0.695. The Kier molecular flexibility index (Phi) is 4.71. The number of nitrogen functional groups attached to an aromatic ring is 1. The van der Waals surface area contributed by atoms with Gasteiger partial charge in [-0.3, -0.25) is 4.79 Å². The van der Waals surface area contributed by atoms with Crippen molar-refractivity contribution in [3.63, 3.8) is 0 Å². The molecule has 0 aliphatic heterocycles. The third-order valence-electron chi connectivity index (χ3n) is 2.22. The molecule has 1 aromatic carbocycles. The van der Waals surface area contributed by atoms with Crippen LogP contribution in [0.4, 0.5) is 5.69 Å². The summed E-state index contributed by atoms with van der Waals surface area (Å²) in [6, 6.07) is 3.57. The average molecular weight is 336 g/mol. The van der Waals surface area contributed by atoms with Crippen LogP contribution in [0.1, 0.15) is 6.92 Å². The normalized spacial score (nSPS) is 13.1. The number of sulfonamides is 1. The summed E-state index contributed by atoms with van der Waals surface area (Å²) in [6.45, 7) is 1.45. The van der Waals surface area contributed by atoms with Gasteiger partial charge in [0.25, 0.3) is 0 Å². The summed E-state index contributed by atoms with van der Waals surface area (Å²) in [7, 11) is -2.37. The summed E-state index contributed by atoms with van der Waals surface area (Å²) < 4.78 is 26.8. The van der Waals surface area contributed by atoms with E-state index in [4.69, 9.17) is 5.73 Å². The molecular formula is C10H14BrN3O3S. The Balaban J connectivity index is 3.07. The molecule has 0 spiro atoms. The van der Waals surface area contributed by atoms with Crippen LogP contribution in [0.2, 0.25) is 0 Å². The Morgan fingerprint density at radius 1 is 1.44 bits per heavy atom. The molecule has 1 rings (SSSR count). The van der Waals surface area contributed by atoms with Gasteiger partial charge in [0.05, 0.1) is 10.9 Å². The molecule has 18 heavy (non-hydrogen) atoms. The number of amides is 1. The molecule has 0 saturated heterocycles. The number of nitrogens with two attached hydrogens (primary N) is 1. The Morgan fingerprint density at radius 2 is 2.06 bits per heavy atom. The van der Waals surface area contributed by atoms with Crippen LogP contribution in [0.15, 0.2) is 27.6 Å². The summed E-state index contributed by atoms with van der Waals surface area (Å²) in [4.78, 5) is 11.3. The molecule has 6 nitrogen and oxygen atoms in total. The van der Waals surface area contributed by atoms with E-state index in [2.05, 4.69) is 26.0 Å². The number of nitrogens with one attached hydrogen (secondary N) is 2. The number of carbonyl (C=O) groups is 1. The Bertz CT molecular complexity index is 559. The zero-order valence-corrected chi connectivity index (χ0v) is 12.3. The maximum Gasteiger partial charge on any atom is 0.242 e. The van der Waals surface area contributed by atoms with Crippen molar-refractivity contribution in [2.75, 3.05) is 12.8 Å². The van der Waals surface area contributed by atoms with Gasteiger partial charge in [-0.15, -0.1) is 0 Å². The zero-order chi connectivity index (χ0) is 13.9. The fourth-order valence-corrected chi connectivity index (χ4v) is 3.49. The lowest BCUT2D eigenvalue weighted by Crippen LogP contribution is -2.43. The molecule has 0 aromatic heterocycles. The van der Waals surface area contributed by atoms with Gasteiger partial charge in [-0.2, -0.15) is 4.72 Å². The minimum absolute atomic E-state index is 0.00162. The monoisotopic (exact) mass is 335 g/mol. The van der Waals surface area contributed by atoms with Crippen LogP contribution in [0, 0.1) is 0 Å². The van der Waals surface area contributed by atoms with E-state index in [0.717, 1.165) is 0 Å². The third kappa shape index (κ3) is 3.44. The summed E-state index contributed by atoms with van der Waals surface area (Å²) in [5.74, 6) is -0.418. The van der Waals surface area contributed by atoms with Crippen LogP contribution in [0.3, 0.4) is 0 Å². The van der Waals surface area contributed by atoms with Gasteiger partial charge in [-0.05, 0) is 41.1 Å². The van der Waals surface area contributed by atoms with E-state index >= 15 is 0 Å². The zero-order valence-electron chi connectivity index (χ0n) is 9.90. The van der Waals surface area contributed by atoms with E-state index in [0.29, 0.717) is 10.2 Å². The molecule has 4 N–H and O–H groups in total. The van der Waals surface area contributed by atoms with Gasteiger partial charge in [-0.1, -0.05) is 0 Å². The van der Waals surface area contributed by atoms with Crippen molar-refractivity contribution in [3.8, 4) is 0 Å². The SMILES string of the molecule is CNC(=O)C(C)NS(=O)(=O)c1cc(N)ccc1Br. The van der Waals surface area contributed by atoms with Crippen LogP contribution in [-0.2, 0) is 14.8 Å². The molecule has 0 heterocycles. The Hall–Kier alpha value is -1.12. The first-order valence-electron chi connectivity index (χ1n) is 5.07. The van der Waals surface area contributed by atoms with Crippen molar-refractivity contribution < 1.29 is 13.2 Å². The number of hydrogen-bond acceptors (Lipinski definition) is 4. The molecule has 1 aromatic rings. The highest BCUT2D eigenvalue weighted by atomic mass is 79.9. The summed E-state index contributed by atoms with van der Waals surface area (Å²) in [5.41, 5.74) is 5.87. The fraction of sp³-hybridized carbons (Fsp3) is 0.300. The van der Waals surface area contributed by atoms with Crippen LogP contribution in [0.5, 0.6) is 0 Å². The molecule has 0 aliphatic rings. The van der Waals surface area contributed by atoms with E-state index in [1.807, 2.05) is 0 Å². The van der Waals surface area contributed by atoms with E-state index in [9.17, 15) is 13.2 Å². The molecule has 8 heteroatoms. The van der Waals surface area contributed by atoms with E-state index in [1.165, 1.54) is 26.1 Å². The van der Waals surface area contributed by atoms with Gasteiger partial charge in [-0.25, -0.2) is 8.42 Å². The highest BCUT2D eigenvalue weighted by molar-refractivity contribution is 9.10. The number of rotatable bonds is 4. The maximum atomic E-state index is 12.1. The molecule has 0 bridgehead atoms. The molecule has 0 radical (unpaired) electrons. The first-order chi connectivity index (χ1) is 8.27. The lowest BCUT2D eigenvalue weighted by atomic mass is 10.3. The summed E-state index contributed by atoms with van der Waals surface area (Å²) in [5, 5.41) is 2.36. The van der Waals surface area contributed by atoms with E-state index in [-0.39, 0.29) is 4.90 Å². The smallest absolute Gasteiger partial charge is 0.242 e. The second kappa shape index (κ2) is 5.68. The van der Waals surface area contributed by atoms with E-state index < -0.39 is 22.0 Å². The van der Waals surface area contributed by atoms with Gasteiger partial charge >= 0.3 is 0 Å². The number of hydrogen-bond donors (Lipinski definition) is 3. The summed E-state index contributed by atoms with van der Waals surface area (Å²) in [6.07, 6.45) is 0. The molecule has 100 valence electrons. The average Bonchev–Trinajstić information content (AvgIpc) is 2.30. The predicted octanol–water partition coefficient (Wildman–Crippen LogP) is 0.444. The second-order valence-electron chi connectivity index (χ2n) is 3.65. The first-order valence-corrected chi connectivity index (χ1v) is 7.34.